The van der Waals surface area contributed by atoms with E-state index in [2.05, 4.69) is 43.3 Å². The first-order valence-electron chi connectivity index (χ1n) is 13.2. The first kappa shape index (κ1) is 27.1. The molecule has 0 bridgehead atoms. The van der Waals surface area contributed by atoms with Crippen molar-refractivity contribution < 1.29 is 18.8 Å². The number of methoxy groups -OCH3 is 1. The number of ether oxygens (including phenoxy) is 1. The molecule has 0 amide bonds. The monoisotopic (exact) mass is 521 g/mol. The van der Waals surface area contributed by atoms with Crippen LogP contribution in [0, 0.1) is 12.8 Å². The predicted molar refractivity (Wildman–Crippen MR) is 146 cm³/mol. The second kappa shape index (κ2) is 12.1. The SMILES string of the molecule is COC(=O)CCC(CC(=O)Cc1ccc(C)cc1Cl)c1noc(-c2ccc(CC(C)C)cc2)c1C1CC1. The molecule has 5 nitrogen and oxygen atoms in total. The molecule has 0 N–H and O–H groups in total. The molecule has 3 aromatic rings. The fourth-order valence-electron chi connectivity index (χ4n) is 4.93. The Morgan fingerprint density at radius 2 is 1.86 bits per heavy atom. The topological polar surface area (TPSA) is 69.4 Å². The lowest BCUT2D eigenvalue weighted by Gasteiger charge is -2.16. The van der Waals surface area contributed by atoms with Gasteiger partial charge in [-0.1, -0.05) is 67.0 Å². The van der Waals surface area contributed by atoms with Crippen LogP contribution < -0.4 is 0 Å². The van der Waals surface area contributed by atoms with Crippen LogP contribution in [0.1, 0.15) is 85.7 Å². The Hall–Kier alpha value is -2.92. The van der Waals surface area contributed by atoms with Crippen molar-refractivity contribution >= 4 is 23.4 Å². The zero-order valence-electron chi connectivity index (χ0n) is 22.2. The number of ketones is 1. The third kappa shape index (κ3) is 7.10. The summed E-state index contributed by atoms with van der Waals surface area (Å²) in [6.45, 7) is 6.40. The van der Waals surface area contributed by atoms with E-state index in [4.69, 9.17) is 20.9 Å². The highest BCUT2D eigenvalue weighted by Gasteiger charge is 2.36. The Bertz CT molecular complexity index is 1240. The highest BCUT2D eigenvalue weighted by molar-refractivity contribution is 6.31. The predicted octanol–water partition coefficient (Wildman–Crippen LogP) is 7.62. The summed E-state index contributed by atoms with van der Waals surface area (Å²) in [5.41, 5.74) is 6.05. The molecule has 1 aromatic heterocycles. The molecular weight excluding hydrogens is 486 g/mol. The van der Waals surface area contributed by atoms with Gasteiger partial charge < -0.3 is 9.26 Å². The summed E-state index contributed by atoms with van der Waals surface area (Å²) in [4.78, 5) is 25.2. The Labute approximate surface area is 224 Å². The average molecular weight is 522 g/mol. The van der Waals surface area contributed by atoms with Gasteiger partial charge in [0.25, 0.3) is 0 Å². The first-order chi connectivity index (χ1) is 17.7. The van der Waals surface area contributed by atoms with Crippen molar-refractivity contribution in [1.82, 2.24) is 5.16 Å². The quantitative estimate of drug-likeness (QED) is 0.229. The number of halogens is 1. The molecule has 1 fully saturated rings. The number of carbonyl (C=O) groups excluding carboxylic acids is 2. The van der Waals surface area contributed by atoms with E-state index in [1.807, 2.05) is 25.1 Å². The summed E-state index contributed by atoms with van der Waals surface area (Å²) in [6, 6.07) is 14.2. The normalized spacial score (nSPS) is 14.1. The Morgan fingerprint density at radius 3 is 2.49 bits per heavy atom. The van der Waals surface area contributed by atoms with Gasteiger partial charge in [-0.15, -0.1) is 0 Å². The van der Waals surface area contributed by atoms with Crippen LogP contribution in [0.25, 0.3) is 11.3 Å². The molecule has 4 rings (SSSR count). The minimum absolute atomic E-state index is 0.0601. The number of benzene rings is 2. The molecule has 0 saturated heterocycles. The number of Topliss-reactive ketones (excluding diaryl/α,β-unsaturated/α-hetero) is 1. The largest absolute Gasteiger partial charge is 0.469 e. The van der Waals surface area contributed by atoms with Gasteiger partial charge in [-0.3, -0.25) is 9.59 Å². The summed E-state index contributed by atoms with van der Waals surface area (Å²) in [6.07, 6.45) is 4.37. The Morgan fingerprint density at radius 1 is 1.14 bits per heavy atom. The maximum atomic E-state index is 13.2. The third-order valence-corrected chi connectivity index (χ3v) is 7.33. The fourth-order valence-corrected chi connectivity index (χ4v) is 5.23. The molecular formula is C31H36ClNO4. The number of nitrogens with zero attached hydrogens (tertiary/aromatic N) is 1. The van der Waals surface area contributed by atoms with Crippen LogP contribution in [0.15, 0.2) is 47.0 Å². The molecule has 0 radical (unpaired) electrons. The number of hydrogen-bond donors (Lipinski definition) is 0. The third-order valence-electron chi connectivity index (χ3n) is 6.98. The molecule has 2 aromatic carbocycles. The molecule has 196 valence electrons. The first-order valence-corrected chi connectivity index (χ1v) is 13.5. The van der Waals surface area contributed by atoms with E-state index in [0.29, 0.717) is 23.3 Å². The number of carbonyl (C=O) groups is 2. The standard InChI is InChI=1S/C31H36ClNO4/c1-19(2)15-21-6-9-23(10-7-21)31-29(22-11-12-22)30(33-37-31)25(13-14-28(35)36-4)18-26(34)17-24-8-5-20(3)16-27(24)32/h5-10,16,19,22,25H,11-15,17-18H2,1-4H3. The van der Waals surface area contributed by atoms with Gasteiger partial charge in [-0.25, -0.2) is 0 Å². The smallest absolute Gasteiger partial charge is 0.305 e. The number of aromatic nitrogens is 1. The summed E-state index contributed by atoms with van der Waals surface area (Å²) in [5, 5.41) is 5.11. The van der Waals surface area contributed by atoms with Crippen molar-refractivity contribution in [2.75, 3.05) is 7.11 Å². The van der Waals surface area contributed by atoms with Gasteiger partial charge >= 0.3 is 5.97 Å². The zero-order chi connectivity index (χ0) is 26.5. The summed E-state index contributed by atoms with van der Waals surface area (Å²) in [5.74, 6) is 1.28. The second-order valence-electron chi connectivity index (χ2n) is 10.7. The molecule has 1 heterocycles. The van der Waals surface area contributed by atoms with E-state index in [1.54, 1.807) is 0 Å². The van der Waals surface area contributed by atoms with Gasteiger partial charge in [0.2, 0.25) is 0 Å². The fraction of sp³-hybridized carbons (Fsp3) is 0.452. The summed E-state index contributed by atoms with van der Waals surface area (Å²) < 4.78 is 10.8. The molecule has 1 saturated carbocycles. The highest BCUT2D eigenvalue weighted by Crippen LogP contribution is 2.49. The van der Waals surface area contributed by atoms with Crippen LogP contribution in [0.4, 0.5) is 0 Å². The Kier molecular flexibility index (Phi) is 8.86. The maximum Gasteiger partial charge on any atom is 0.305 e. The molecule has 1 atom stereocenters. The molecule has 37 heavy (non-hydrogen) atoms. The molecule has 0 spiro atoms. The maximum absolute atomic E-state index is 13.2. The molecule has 1 aliphatic rings. The van der Waals surface area contributed by atoms with Crippen LogP contribution in [0.5, 0.6) is 0 Å². The van der Waals surface area contributed by atoms with E-state index in [0.717, 1.165) is 53.0 Å². The molecule has 1 unspecified atom stereocenters. The lowest BCUT2D eigenvalue weighted by Crippen LogP contribution is -2.14. The van der Waals surface area contributed by atoms with Crippen LogP contribution in [-0.2, 0) is 27.2 Å². The van der Waals surface area contributed by atoms with E-state index in [1.165, 1.54) is 12.7 Å². The molecule has 1 aliphatic carbocycles. The number of rotatable bonds is 12. The minimum Gasteiger partial charge on any atom is -0.469 e. The van der Waals surface area contributed by atoms with Gasteiger partial charge in [-0.2, -0.15) is 0 Å². The number of hydrogen-bond acceptors (Lipinski definition) is 5. The van der Waals surface area contributed by atoms with Gasteiger partial charge in [0.1, 0.15) is 5.78 Å². The molecule has 6 heteroatoms. The average Bonchev–Trinajstić information content (AvgIpc) is 3.61. The van der Waals surface area contributed by atoms with Crippen molar-refractivity contribution in [3.05, 3.63) is 75.4 Å². The van der Waals surface area contributed by atoms with Gasteiger partial charge in [0.15, 0.2) is 5.76 Å². The number of esters is 1. The lowest BCUT2D eigenvalue weighted by atomic mass is 9.87. The van der Waals surface area contributed by atoms with Crippen molar-refractivity contribution in [2.45, 2.75) is 77.6 Å². The highest BCUT2D eigenvalue weighted by atomic mass is 35.5. The van der Waals surface area contributed by atoms with Crippen molar-refractivity contribution in [1.29, 1.82) is 0 Å². The second-order valence-corrected chi connectivity index (χ2v) is 11.1. The summed E-state index contributed by atoms with van der Waals surface area (Å²) in [7, 11) is 1.38. The van der Waals surface area contributed by atoms with E-state index in [-0.39, 0.29) is 36.9 Å². The van der Waals surface area contributed by atoms with E-state index >= 15 is 0 Å². The van der Waals surface area contributed by atoms with Crippen molar-refractivity contribution in [3.63, 3.8) is 0 Å². The van der Waals surface area contributed by atoms with Crippen LogP contribution in [0.2, 0.25) is 5.02 Å². The zero-order valence-corrected chi connectivity index (χ0v) is 22.9. The minimum atomic E-state index is -0.295. The van der Waals surface area contributed by atoms with E-state index < -0.39 is 0 Å². The lowest BCUT2D eigenvalue weighted by molar-refractivity contribution is -0.141. The molecule has 0 aliphatic heterocycles. The Balaban J connectivity index is 1.61. The van der Waals surface area contributed by atoms with Crippen molar-refractivity contribution in [3.8, 4) is 11.3 Å². The van der Waals surface area contributed by atoms with E-state index in [9.17, 15) is 9.59 Å². The van der Waals surface area contributed by atoms with Gasteiger partial charge in [0, 0.05) is 41.3 Å². The number of aryl methyl sites for hydroxylation is 1. The van der Waals surface area contributed by atoms with Crippen molar-refractivity contribution in [2.24, 2.45) is 5.92 Å². The van der Waals surface area contributed by atoms with Gasteiger partial charge in [0.05, 0.1) is 12.8 Å². The van der Waals surface area contributed by atoms with Crippen LogP contribution in [0.3, 0.4) is 0 Å². The van der Waals surface area contributed by atoms with Gasteiger partial charge in [-0.05, 0) is 67.2 Å². The van der Waals surface area contributed by atoms with Crippen LogP contribution in [-0.4, -0.2) is 24.0 Å². The van der Waals surface area contributed by atoms with Crippen LogP contribution >= 0.6 is 11.6 Å². The summed E-state index contributed by atoms with van der Waals surface area (Å²) >= 11 is 6.39.